The zero-order valence-electron chi connectivity index (χ0n) is 25.7. The van der Waals surface area contributed by atoms with Gasteiger partial charge in [-0.2, -0.15) is 16.8 Å². The molecule has 0 spiro atoms. The van der Waals surface area contributed by atoms with E-state index in [1.54, 1.807) is 46.9 Å². The van der Waals surface area contributed by atoms with Gasteiger partial charge in [-0.3, -0.25) is 37.6 Å². The fraction of sp³-hybridized carbons (Fsp3) is 0.267. The van der Waals surface area contributed by atoms with E-state index in [1.807, 2.05) is 34.1 Å². The lowest BCUT2D eigenvalue weighted by Crippen LogP contribution is -2.37. The molecule has 0 amide bonds. The summed E-state index contributed by atoms with van der Waals surface area (Å²) < 4.78 is 63.2. The van der Waals surface area contributed by atoms with Crippen LogP contribution in [0.4, 0.5) is 0 Å². The maximum Gasteiger partial charge on any atom is 0.394 e. The van der Waals surface area contributed by atoms with Crippen LogP contribution in [0, 0.1) is 0 Å². The molecule has 0 saturated heterocycles. The molecule has 2 atom stereocenters. The molecular weight excluding hydrogens is 780 g/mol. The van der Waals surface area contributed by atoms with Crippen LogP contribution in [-0.4, -0.2) is 80.1 Å². The molecule has 4 aromatic rings. The fourth-order valence-corrected chi connectivity index (χ4v) is 7.60. The molecule has 20 heteroatoms. The molecule has 4 heterocycles. The Morgan fingerprint density at radius 1 is 0.620 bits per heavy atom. The van der Waals surface area contributed by atoms with Gasteiger partial charge in [-0.15, -0.1) is 22.7 Å². The van der Waals surface area contributed by atoms with Gasteiger partial charge in [0.1, 0.15) is 12.1 Å². The third-order valence-electron chi connectivity index (χ3n) is 7.27. The van der Waals surface area contributed by atoms with Crippen LogP contribution in [0.5, 0.6) is 0 Å². The topological polar surface area (TPSA) is 230 Å². The Labute approximate surface area is 306 Å². The van der Waals surface area contributed by atoms with Gasteiger partial charge >= 0.3 is 32.7 Å². The number of carbonyl (C=O) groups is 2. The molecule has 2 aliphatic rings. The highest BCUT2D eigenvalue weighted by molar-refractivity contribution is 7.80. The average Bonchev–Trinajstić information content (AvgIpc) is 3.67. The Morgan fingerprint density at radius 2 is 0.940 bits per heavy atom. The molecule has 0 unspecified atom stereocenters. The number of rotatable bonds is 6. The quantitative estimate of drug-likeness (QED) is 0.125. The molecule has 0 fully saturated rings. The Kier molecular flexibility index (Phi) is 15.3. The van der Waals surface area contributed by atoms with Crippen LogP contribution in [0.1, 0.15) is 44.1 Å². The minimum atomic E-state index is -4.67. The molecule has 0 bridgehead atoms. The monoisotopic (exact) mass is 810 g/mol. The molecule has 2 aromatic heterocycles. The predicted octanol–water partition coefficient (Wildman–Crippen LogP) is 5.87. The minimum Gasteiger partial charge on any atom is -0.480 e. The van der Waals surface area contributed by atoms with Crippen molar-refractivity contribution >= 4 is 78.6 Å². The van der Waals surface area contributed by atoms with Crippen LogP contribution in [0.2, 0.25) is 10.0 Å². The predicted molar refractivity (Wildman–Crippen MR) is 189 cm³/mol. The normalized spacial score (nSPS) is 15.6. The maximum atomic E-state index is 11.7. The van der Waals surface area contributed by atoms with Crippen molar-refractivity contribution in [2.24, 2.45) is 0 Å². The van der Waals surface area contributed by atoms with Crippen molar-refractivity contribution in [3.05, 3.63) is 113 Å². The standard InChI is InChI=1S/2C15H14ClNO2S.2H2O4S/c2*16-12-4-2-1-3-11(12)14(15(18)19)17-7-5-13-10(9-17)6-8-20-13;2*1-5(2,3)4/h2*1-4,6,8,14H,5,7,9H2,(H,18,19);2*(H2,1,2,3,4)/t2*14-;;/m00../s1. The van der Waals surface area contributed by atoms with Gasteiger partial charge in [-0.25, -0.2) is 0 Å². The lowest BCUT2D eigenvalue weighted by Gasteiger charge is -2.32. The zero-order chi connectivity index (χ0) is 37.2. The van der Waals surface area contributed by atoms with Crippen LogP contribution in [-0.2, 0) is 56.3 Å². The van der Waals surface area contributed by atoms with Gasteiger partial charge in [0.05, 0.1) is 0 Å². The third-order valence-corrected chi connectivity index (χ3v) is 10.0. The zero-order valence-corrected chi connectivity index (χ0v) is 30.5. The second kappa shape index (κ2) is 18.5. The van der Waals surface area contributed by atoms with E-state index in [9.17, 15) is 19.8 Å². The summed E-state index contributed by atoms with van der Waals surface area (Å²) >= 11 is 15.8. The Bertz CT molecular complexity index is 1830. The second-order valence-electron chi connectivity index (χ2n) is 10.6. The molecule has 6 rings (SSSR count). The van der Waals surface area contributed by atoms with Crippen LogP contribution < -0.4 is 0 Å². The number of nitrogens with zero attached hydrogens (tertiary/aromatic N) is 2. The highest BCUT2D eigenvalue weighted by Crippen LogP contribution is 2.35. The summed E-state index contributed by atoms with van der Waals surface area (Å²) in [5, 5.41) is 24.4. The first kappa shape index (κ1) is 41.4. The molecule has 0 saturated carbocycles. The third kappa shape index (κ3) is 13.3. The molecular formula is C30H32Cl2N2O12S4. The number of benzene rings is 2. The summed E-state index contributed by atoms with van der Waals surface area (Å²) in [6.45, 7) is 2.83. The number of carboxylic acids is 2. The molecule has 2 aliphatic heterocycles. The van der Waals surface area contributed by atoms with Crippen molar-refractivity contribution in [2.75, 3.05) is 13.1 Å². The number of carboxylic acid groups (broad SMARTS) is 2. The van der Waals surface area contributed by atoms with Gasteiger partial charge in [-0.1, -0.05) is 59.6 Å². The van der Waals surface area contributed by atoms with Gasteiger partial charge in [0.15, 0.2) is 0 Å². The first-order chi connectivity index (χ1) is 23.3. The second-order valence-corrected chi connectivity index (χ2v) is 15.2. The Morgan fingerprint density at radius 3 is 1.24 bits per heavy atom. The summed E-state index contributed by atoms with van der Waals surface area (Å²) in [6.07, 6.45) is 1.81. The largest absolute Gasteiger partial charge is 0.480 e. The van der Waals surface area contributed by atoms with Crippen molar-refractivity contribution in [3.8, 4) is 0 Å². The van der Waals surface area contributed by atoms with E-state index in [0.717, 1.165) is 25.9 Å². The number of hydrogen-bond acceptors (Lipinski definition) is 10. The van der Waals surface area contributed by atoms with E-state index in [0.29, 0.717) is 34.3 Å². The molecule has 0 aliphatic carbocycles. The summed E-state index contributed by atoms with van der Waals surface area (Å²) in [5.41, 5.74) is 3.81. The average molecular weight is 812 g/mol. The highest BCUT2D eigenvalue weighted by Gasteiger charge is 2.33. The molecule has 50 heavy (non-hydrogen) atoms. The lowest BCUT2D eigenvalue weighted by molar-refractivity contribution is -0.145. The van der Waals surface area contributed by atoms with E-state index in [1.165, 1.54) is 20.9 Å². The van der Waals surface area contributed by atoms with E-state index in [2.05, 4.69) is 22.9 Å². The molecule has 2 aromatic carbocycles. The Hall–Kier alpha value is -2.98. The van der Waals surface area contributed by atoms with Crippen LogP contribution in [0.15, 0.2) is 71.4 Å². The van der Waals surface area contributed by atoms with Gasteiger partial charge in [0, 0.05) is 46.0 Å². The number of fused-ring (bicyclic) bond motifs is 2. The Balaban J connectivity index is 0.000000214. The fourth-order valence-electron chi connectivity index (χ4n) is 5.35. The number of hydrogen-bond donors (Lipinski definition) is 6. The van der Waals surface area contributed by atoms with Crippen molar-refractivity contribution in [1.82, 2.24) is 9.80 Å². The van der Waals surface area contributed by atoms with Gasteiger partial charge in [0.2, 0.25) is 0 Å². The summed E-state index contributed by atoms with van der Waals surface area (Å²) in [6, 6.07) is 17.2. The van der Waals surface area contributed by atoms with E-state index >= 15 is 0 Å². The van der Waals surface area contributed by atoms with Gasteiger partial charge in [-0.05, 0) is 70.1 Å². The number of aliphatic carboxylic acids is 2. The van der Waals surface area contributed by atoms with Crippen molar-refractivity contribution < 1.29 is 54.8 Å². The highest BCUT2D eigenvalue weighted by atomic mass is 35.5. The number of halogens is 2. The van der Waals surface area contributed by atoms with Crippen LogP contribution in [0.25, 0.3) is 0 Å². The lowest BCUT2D eigenvalue weighted by atomic mass is 10.0. The SMILES string of the molecule is O=C(O)[C@H](c1ccccc1Cl)N1CCc2sccc2C1.O=C(O)[C@H](c1ccccc1Cl)N1CCc2sccc2C1.O=S(=O)(O)O.O=S(=O)(O)O. The van der Waals surface area contributed by atoms with E-state index in [4.69, 9.17) is 58.2 Å². The van der Waals surface area contributed by atoms with Gasteiger partial charge in [0.25, 0.3) is 0 Å². The molecule has 6 N–H and O–H groups in total. The molecule has 0 radical (unpaired) electrons. The van der Waals surface area contributed by atoms with Crippen LogP contribution >= 0.6 is 45.9 Å². The van der Waals surface area contributed by atoms with Crippen molar-refractivity contribution in [3.63, 3.8) is 0 Å². The van der Waals surface area contributed by atoms with E-state index in [-0.39, 0.29) is 0 Å². The van der Waals surface area contributed by atoms with E-state index < -0.39 is 44.8 Å². The first-order valence-corrected chi connectivity index (χ1v) is 19.6. The first-order valence-electron chi connectivity index (χ1n) is 14.3. The number of thiophene rings is 2. The molecule has 14 nitrogen and oxygen atoms in total. The summed E-state index contributed by atoms with van der Waals surface area (Å²) in [5.74, 6) is -1.70. The molecule has 272 valence electrons. The van der Waals surface area contributed by atoms with Gasteiger partial charge < -0.3 is 10.2 Å². The smallest absolute Gasteiger partial charge is 0.394 e. The summed E-state index contributed by atoms with van der Waals surface area (Å²) in [7, 11) is -9.33. The van der Waals surface area contributed by atoms with Crippen molar-refractivity contribution in [2.45, 2.75) is 38.0 Å². The van der Waals surface area contributed by atoms with Crippen LogP contribution in [0.3, 0.4) is 0 Å². The summed E-state index contributed by atoms with van der Waals surface area (Å²) in [4.78, 5) is 30.1. The maximum absolute atomic E-state index is 11.7. The minimum absolute atomic E-state index is 0.510. The van der Waals surface area contributed by atoms with Crippen molar-refractivity contribution in [1.29, 1.82) is 0 Å².